The Morgan fingerprint density at radius 1 is 1.64 bits per heavy atom. The van der Waals surface area contributed by atoms with Crippen molar-refractivity contribution in [2.75, 3.05) is 7.05 Å². The van der Waals surface area contributed by atoms with E-state index < -0.39 is 11.7 Å². The van der Waals surface area contributed by atoms with Crippen molar-refractivity contribution in [1.29, 1.82) is 0 Å². The maximum atomic E-state index is 13.3. The standard InChI is InChI=1S/C10H18FNO2/c1-7(13)9(6-10(3,4)11)12(5)8(2)14/h9,13H,1,6H2,2-5H3/t9-/m0/s1. The number of rotatable bonds is 4. The first-order valence-corrected chi connectivity index (χ1v) is 4.45. The van der Waals surface area contributed by atoms with Crippen LogP contribution in [0.5, 0.6) is 0 Å². The summed E-state index contributed by atoms with van der Waals surface area (Å²) in [4.78, 5) is 12.3. The summed E-state index contributed by atoms with van der Waals surface area (Å²) in [7, 11) is 1.51. The number of carbonyl (C=O) groups is 1. The summed E-state index contributed by atoms with van der Waals surface area (Å²) >= 11 is 0. The molecule has 0 rings (SSSR count). The molecule has 3 nitrogen and oxygen atoms in total. The zero-order valence-corrected chi connectivity index (χ0v) is 9.17. The number of halogens is 1. The minimum Gasteiger partial charge on any atom is -0.511 e. The molecule has 1 atom stereocenters. The first-order chi connectivity index (χ1) is 6.15. The van der Waals surface area contributed by atoms with Gasteiger partial charge in [0.25, 0.3) is 0 Å². The number of amides is 1. The lowest BCUT2D eigenvalue weighted by Gasteiger charge is -2.29. The van der Waals surface area contributed by atoms with E-state index in [0.717, 1.165) is 0 Å². The summed E-state index contributed by atoms with van der Waals surface area (Å²) in [6.07, 6.45) is 0.0401. The van der Waals surface area contributed by atoms with Gasteiger partial charge >= 0.3 is 0 Å². The van der Waals surface area contributed by atoms with Crippen LogP contribution in [0.1, 0.15) is 27.2 Å². The molecule has 0 aliphatic rings. The predicted octanol–water partition coefficient (Wildman–Crippen LogP) is 2.04. The summed E-state index contributed by atoms with van der Waals surface area (Å²) in [5.41, 5.74) is -1.44. The minimum absolute atomic E-state index is 0.0401. The molecular formula is C10H18FNO2. The third-order valence-electron chi connectivity index (χ3n) is 2.03. The summed E-state index contributed by atoms with van der Waals surface area (Å²) in [5, 5.41) is 9.24. The van der Waals surface area contributed by atoms with Crippen molar-refractivity contribution in [3.05, 3.63) is 12.3 Å². The Morgan fingerprint density at radius 2 is 2.07 bits per heavy atom. The third kappa shape index (κ3) is 4.25. The molecule has 0 fully saturated rings. The molecule has 0 saturated heterocycles. The highest BCUT2D eigenvalue weighted by molar-refractivity contribution is 5.73. The van der Waals surface area contributed by atoms with Gasteiger partial charge in [-0.2, -0.15) is 0 Å². The molecule has 0 spiro atoms. The van der Waals surface area contributed by atoms with Crippen LogP contribution in [0.4, 0.5) is 4.39 Å². The highest BCUT2D eigenvalue weighted by Gasteiger charge is 2.28. The Balaban J connectivity index is 4.62. The lowest BCUT2D eigenvalue weighted by atomic mass is 9.99. The monoisotopic (exact) mass is 203 g/mol. The second-order valence-corrected chi connectivity index (χ2v) is 4.06. The van der Waals surface area contributed by atoms with Crippen molar-refractivity contribution < 1.29 is 14.3 Å². The van der Waals surface area contributed by atoms with E-state index in [-0.39, 0.29) is 18.1 Å². The topological polar surface area (TPSA) is 40.5 Å². The van der Waals surface area contributed by atoms with E-state index in [0.29, 0.717) is 0 Å². The van der Waals surface area contributed by atoms with E-state index >= 15 is 0 Å². The van der Waals surface area contributed by atoms with Crippen molar-refractivity contribution in [2.45, 2.75) is 38.9 Å². The number of alkyl halides is 1. The van der Waals surface area contributed by atoms with Crippen LogP contribution < -0.4 is 0 Å². The van der Waals surface area contributed by atoms with Crippen molar-refractivity contribution >= 4 is 5.91 Å². The van der Waals surface area contributed by atoms with Crippen LogP contribution in [0.25, 0.3) is 0 Å². The van der Waals surface area contributed by atoms with Crippen molar-refractivity contribution in [3.8, 4) is 0 Å². The molecule has 0 radical (unpaired) electrons. The van der Waals surface area contributed by atoms with Crippen molar-refractivity contribution in [2.24, 2.45) is 0 Å². The zero-order valence-electron chi connectivity index (χ0n) is 9.17. The molecule has 4 heteroatoms. The van der Waals surface area contributed by atoms with Gasteiger partial charge in [-0.05, 0) is 13.8 Å². The molecule has 0 aliphatic carbocycles. The lowest BCUT2D eigenvalue weighted by Crippen LogP contribution is -2.40. The molecule has 82 valence electrons. The van der Waals surface area contributed by atoms with Gasteiger partial charge in [0.1, 0.15) is 11.4 Å². The fourth-order valence-electron chi connectivity index (χ4n) is 1.16. The van der Waals surface area contributed by atoms with Gasteiger partial charge in [0.05, 0.1) is 6.04 Å². The Labute approximate surface area is 84.2 Å². The Bertz CT molecular complexity index is 233. The fraction of sp³-hybridized carbons (Fsp3) is 0.700. The van der Waals surface area contributed by atoms with Crippen LogP contribution in [-0.4, -0.2) is 34.7 Å². The second-order valence-electron chi connectivity index (χ2n) is 4.06. The van der Waals surface area contributed by atoms with Gasteiger partial charge in [0.2, 0.25) is 5.91 Å². The van der Waals surface area contributed by atoms with E-state index in [9.17, 15) is 14.3 Å². The summed E-state index contributed by atoms with van der Waals surface area (Å²) in [5.74, 6) is -0.414. The van der Waals surface area contributed by atoms with E-state index in [1.165, 1.54) is 32.7 Å². The van der Waals surface area contributed by atoms with Crippen LogP contribution in [0.15, 0.2) is 12.3 Å². The van der Waals surface area contributed by atoms with Crippen molar-refractivity contribution in [1.82, 2.24) is 4.90 Å². The van der Waals surface area contributed by atoms with Gasteiger partial charge in [-0.1, -0.05) is 6.58 Å². The van der Waals surface area contributed by atoms with E-state index in [2.05, 4.69) is 6.58 Å². The molecular weight excluding hydrogens is 185 g/mol. The number of likely N-dealkylation sites (N-methyl/N-ethyl adjacent to an activating group) is 1. The molecule has 0 aliphatic heterocycles. The highest BCUT2D eigenvalue weighted by atomic mass is 19.1. The summed E-state index contributed by atoms with van der Waals surface area (Å²) in [6.45, 7) is 7.50. The zero-order chi connectivity index (χ0) is 11.5. The average Bonchev–Trinajstić information content (AvgIpc) is 1.96. The van der Waals surface area contributed by atoms with Crippen molar-refractivity contribution in [3.63, 3.8) is 0 Å². The Morgan fingerprint density at radius 3 is 2.29 bits per heavy atom. The van der Waals surface area contributed by atoms with Gasteiger partial charge in [-0.3, -0.25) is 4.79 Å². The number of aliphatic hydroxyl groups excluding tert-OH is 1. The van der Waals surface area contributed by atoms with Crippen LogP contribution in [-0.2, 0) is 4.79 Å². The largest absolute Gasteiger partial charge is 0.511 e. The number of hydrogen-bond donors (Lipinski definition) is 1. The molecule has 0 aromatic heterocycles. The maximum Gasteiger partial charge on any atom is 0.219 e. The molecule has 0 unspecified atom stereocenters. The number of carbonyl (C=O) groups excluding carboxylic acids is 1. The predicted molar refractivity (Wildman–Crippen MR) is 53.8 cm³/mol. The van der Waals surface area contributed by atoms with E-state index in [4.69, 9.17) is 0 Å². The quantitative estimate of drug-likeness (QED) is 0.710. The molecule has 1 N–H and O–H groups in total. The molecule has 0 heterocycles. The molecule has 1 amide bonds. The second kappa shape index (κ2) is 4.44. The first-order valence-electron chi connectivity index (χ1n) is 4.45. The van der Waals surface area contributed by atoms with Gasteiger partial charge < -0.3 is 10.0 Å². The van der Waals surface area contributed by atoms with Crippen LogP contribution in [0, 0.1) is 0 Å². The molecule has 14 heavy (non-hydrogen) atoms. The van der Waals surface area contributed by atoms with Crippen LogP contribution in [0.2, 0.25) is 0 Å². The number of nitrogens with zero attached hydrogens (tertiary/aromatic N) is 1. The molecule has 0 saturated carbocycles. The Hall–Kier alpha value is -1.06. The lowest BCUT2D eigenvalue weighted by molar-refractivity contribution is -0.130. The van der Waals surface area contributed by atoms with Gasteiger partial charge in [0, 0.05) is 20.4 Å². The van der Waals surface area contributed by atoms with Gasteiger partial charge in [0.15, 0.2) is 0 Å². The van der Waals surface area contributed by atoms with E-state index in [1.807, 2.05) is 0 Å². The summed E-state index contributed by atoms with van der Waals surface area (Å²) in [6, 6.07) is -0.660. The summed E-state index contributed by atoms with van der Waals surface area (Å²) < 4.78 is 13.3. The van der Waals surface area contributed by atoms with E-state index in [1.54, 1.807) is 0 Å². The molecule has 0 aromatic rings. The maximum absolute atomic E-state index is 13.3. The van der Waals surface area contributed by atoms with Gasteiger partial charge in [-0.15, -0.1) is 0 Å². The van der Waals surface area contributed by atoms with Crippen LogP contribution in [0.3, 0.4) is 0 Å². The number of aliphatic hydroxyl groups is 1. The normalized spacial score (nSPS) is 13.5. The molecule has 0 aromatic carbocycles. The smallest absolute Gasteiger partial charge is 0.219 e. The molecule has 0 bridgehead atoms. The third-order valence-corrected chi connectivity index (χ3v) is 2.03. The first kappa shape index (κ1) is 12.9. The SMILES string of the molecule is C=C(O)[C@H](CC(C)(C)F)N(C)C(C)=O. The van der Waals surface area contributed by atoms with Crippen LogP contribution >= 0.6 is 0 Å². The highest BCUT2D eigenvalue weighted by Crippen LogP contribution is 2.22. The van der Waals surface area contributed by atoms with Gasteiger partial charge in [-0.25, -0.2) is 4.39 Å². The fourth-order valence-corrected chi connectivity index (χ4v) is 1.16. The average molecular weight is 203 g/mol. The minimum atomic E-state index is -1.44. The Kier molecular flexibility index (Phi) is 4.10. The number of hydrogen-bond acceptors (Lipinski definition) is 2.